The number of anilines is 2. The Labute approximate surface area is 164 Å². The first-order valence-electron chi connectivity index (χ1n) is 8.65. The van der Waals surface area contributed by atoms with Crippen LogP contribution in [0.1, 0.15) is 13.8 Å². The summed E-state index contributed by atoms with van der Waals surface area (Å²) in [5.41, 5.74) is 0.932. The maximum atomic E-state index is 12.9. The molecule has 0 atom stereocenters. The summed E-state index contributed by atoms with van der Waals surface area (Å²) in [6, 6.07) is 16.7. The lowest BCUT2D eigenvalue weighted by Crippen LogP contribution is -2.30. The fraction of sp³-hybridized carbons (Fsp3) is 0.200. The second kappa shape index (κ2) is 9.58. The molecule has 0 radical (unpaired) electrons. The molecule has 0 aliphatic heterocycles. The molecule has 0 unspecified atom stereocenters. The number of sulfonamides is 1. The third kappa shape index (κ3) is 4.90. The van der Waals surface area contributed by atoms with Crippen LogP contribution in [0, 0.1) is 11.3 Å². The Kier molecular flexibility index (Phi) is 7.18. The Morgan fingerprint density at radius 2 is 1.79 bits per heavy atom. The van der Waals surface area contributed by atoms with Crippen molar-refractivity contribution >= 4 is 27.4 Å². The van der Waals surface area contributed by atoms with Crippen molar-refractivity contribution in [2.75, 3.05) is 22.8 Å². The molecule has 0 aromatic heterocycles. The molecule has 0 spiro atoms. The van der Waals surface area contributed by atoms with Gasteiger partial charge in [-0.3, -0.25) is 4.31 Å². The first-order valence-corrected chi connectivity index (χ1v) is 10.1. The topological polar surface area (TPSA) is 99.5 Å². The Balaban J connectivity index is 2.21. The molecule has 0 fully saturated rings. The van der Waals surface area contributed by atoms with Gasteiger partial charge in [0.25, 0.3) is 10.0 Å². The Morgan fingerprint density at radius 3 is 2.32 bits per heavy atom. The number of carbonyl (C=O) groups excluding carboxylic acids is 1. The minimum Gasteiger partial charge on any atom is -0.462 e. The van der Waals surface area contributed by atoms with Crippen molar-refractivity contribution in [1.29, 1.82) is 5.26 Å². The van der Waals surface area contributed by atoms with Gasteiger partial charge in [0.2, 0.25) is 0 Å². The highest BCUT2D eigenvalue weighted by atomic mass is 32.2. The van der Waals surface area contributed by atoms with Gasteiger partial charge < -0.3 is 10.1 Å². The molecular formula is C20H21N3O4S. The summed E-state index contributed by atoms with van der Waals surface area (Å²) >= 11 is 0. The molecule has 28 heavy (non-hydrogen) atoms. The molecule has 1 N–H and O–H groups in total. The van der Waals surface area contributed by atoms with Gasteiger partial charge in [-0.25, -0.2) is 13.2 Å². The van der Waals surface area contributed by atoms with Crippen molar-refractivity contribution in [3.05, 3.63) is 66.4 Å². The van der Waals surface area contributed by atoms with E-state index in [-0.39, 0.29) is 17.1 Å². The number of nitrogens with zero attached hydrogens (tertiary/aromatic N) is 2. The van der Waals surface area contributed by atoms with Crippen LogP contribution in [0.3, 0.4) is 0 Å². The maximum absolute atomic E-state index is 12.9. The minimum atomic E-state index is -3.71. The average molecular weight is 399 g/mol. The number of ether oxygens (including phenoxy) is 1. The molecule has 0 saturated heterocycles. The van der Waals surface area contributed by atoms with Crippen LogP contribution in [-0.2, 0) is 19.6 Å². The van der Waals surface area contributed by atoms with Gasteiger partial charge in [-0.05, 0) is 50.2 Å². The van der Waals surface area contributed by atoms with E-state index >= 15 is 0 Å². The number of carbonyl (C=O) groups is 1. The van der Waals surface area contributed by atoms with E-state index < -0.39 is 16.0 Å². The Morgan fingerprint density at radius 1 is 1.14 bits per heavy atom. The lowest BCUT2D eigenvalue weighted by atomic mass is 10.3. The van der Waals surface area contributed by atoms with Gasteiger partial charge in [0.1, 0.15) is 6.07 Å². The zero-order chi connectivity index (χ0) is 20.6. The molecule has 0 aliphatic carbocycles. The fourth-order valence-corrected chi connectivity index (χ4v) is 3.91. The number of benzene rings is 2. The molecule has 0 heterocycles. The van der Waals surface area contributed by atoms with Gasteiger partial charge in [0, 0.05) is 18.4 Å². The highest BCUT2D eigenvalue weighted by Gasteiger charge is 2.23. The van der Waals surface area contributed by atoms with E-state index in [1.54, 1.807) is 56.3 Å². The number of esters is 1. The van der Waals surface area contributed by atoms with Crippen molar-refractivity contribution in [3.8, 4) is 6.07 Å². The van der Waals surface area contributed by atoms with E-state index in [1.165, 1.54) is 22.6 Å². The first-order chi connectivity index (χ1) is 13.4. The van der Waals surface area contributed by atoms with Crippen molar-refractivity contribution in [2.45, 2.75) is 18.7 Å². The molecule has 2 aromatic carbocycles. The molecule has 0 bridgehead atoms. The van der Waals surface area contributed by atoms with Crippen molar-refractivity contribution in [2.24, 2.45) is 0 Å². The van der Waals surface area contributed by atoms with Crippen molar-refractivity contribution < 1.29 is 17.9 Å². The summed E-state index contributed by atoms with van der Waals surface area (Å²) in [5.74, 6) is -0.724. The second-order valence-corrected chi connectivity index (χ2v) is 7.43. The van der Waals surface area contributed by atoms with Crippen LogP contribution in [0.25, 0.3) is 0 Å². The van der Waals surface area contributed by atoms with Crippen LogP contribution in [0.2, 0.25) is 0 Å². The molecular weight excluding hydrogens is 378 g/mol. The van der Waals surface area contributed by atoms with Gasteiger partial charge >= 0.3 is 5.97 Å². The molecule has 2 aromatic rings. The van der Waals surface area contributed by atoms with E-state index in [9.17, 15) is 13.2 Å². The predicted octanol–water partition coefficient (Wildman–Crippen LogP) is 3.28. The standard InChI is InChI=1S/C20H21N3O4S/c1-3-23(18-8-6-5-7-9-18)28(25,26)19-12-10-17(11-13-19)22-15-16(14-21)20(24)27-4-2/h5-13,15,22H,3-4H2,1-2H3/b16-15-. The lowest BCUT2D eigenvalue weighted by Gasteiger charge is -2.23. The number of hydrogen-bond acceptors (Lipinski definition) is 6. The first kappa shape index (κ1) is 21.0. The number of hydrogen-bond donors (Lipinski definition) is 1. The van der Waals surface area contributed by atoms with Crippen LogP contribution in [0.5, 0.6) is 0 Å². The molecule has 0 aliphatic rings. The van der Waals surface area contributed by atoms with E-state index in [2.05, 4.69) is 5.32 Å². The summed E-state index contributed by atoms with van der Waals surface area (Å²) in [7, 11) is -3.71. The van der Waals surface area contributed by atoms with Crippen LogP contribution >= 0.6 is 0 Å². The smallest absolute Gasteiger partial charge is 0.350 e. The molecule has 7 nitrogen and oxygen atoms in total. The fourth-order valence-electron chi connectivity index (χ4n) is 2.44. The second-order valence-electron chi connectivity index (χ2n) is 5.56. The van der Waals surface area contributed by atoms with Gasteiger partial charge in [0.05, 0.1) is 17.2 Å². The van der Waals surface area contributed by atoms with Crippen molar-refractivity contribution in [1.82, 2.24) is 0 Å². The number of nitriles is 1. The van der Waals surface area contributed by atoms with Gasteiger partial charge in [-0.15, -0.1) is 0 Å². The van der Waals surface area contributed by atoms with Gasteiger partial charge in [0.15, 0.2) is 5.57 Å². The molecule has 0 saturated carbocycles. The quantitative estimate of drug-likeness (QED) is 0.415. The summed E-state index contributed by atoms with van der Waals surface area (Å²) in [4.78, 5) is 11.7. The zero-order valence-corrected chi connectivity index (χ0v) is 16.4. The summed E-state index contributed by atoms with van der Waals surface area (Å²) in [6.45, 7) is 3.87. The minimum absolute atomic E-state index is 0.138. The lowest BCUT2D eigenvalue weighted by molar-refractivity contribution is -0.138. The average Bonchev–Trinajstić information content (AvgIpc) is 2.70. The normalized spacial score (nSPS) is 11.4. The number of rotatable bonds is 8. The van der Waals surface area contributed by atoms with Gasteiger partial charge in [-0.1, -0.05) is 18.2 Å². The van der Waals surface area contributed by atoms with Crippen molar-refractivity contribution in [3.63, 3.8) is 0 Å². The Hall–Kier alpha value is -3.31. The van der Waals surface area contributed by atoms with Crippen LogP contribution < -0.4 is 9.62 Å². The third-order valence-electron chi connectivity index (χ3n) is 3.77. The van der Waals surface area contributed by atoms with Gasteiger partial charge in [-0.2, -0.15) is 5.26 Å². The van der Waals surface area contributed by atoms with E-state index in [1.807, 2.05) is 6.07 Å². The Bertz CT molecular complexity index is 978. The largest absolute Gasteiger partial charge is 0.462 e. The summed E-state index contributed by atoms with van der Waals surface area (Å²) < 4.78 is 32.0. The SMILES string of the molecule is CCOC(=O)/C(C#N)=C\Nc1ccc(S(=O)(=O)N(CC)c2ccccc2)cc1. The van der Waals surface area contributed by atoms with Crippen LogP contribution in [0.15, 0.2) is 71.3 Å². The predicted molar refractivity (Wildman–Crippen MR) is 107 cm³/mol. The number of para-hydroxylation sites is 1. The highest BCUT2D eigenvalue weighted by Crippen LogP contribution is 2.24. The molecule has 2 rings (SSSR count). The van der Waals surface area contributed by atoms with Crippen LogP contribution in [-0.4, -0.2) is 27.5 Å². The van der Waals surface area contributed by atoms with E-state index in [4.69, 9.17) is 10.00 Å². The molecule has 146 valence electrons. The van der Waals surface area contributed by atoms with Crippen LogP contribution in [0.4, 0.5) is 11.4 Å². The highest BCUT2D eigenvalue weighted by molar-refractivity contribution is 7.92. The summed E-state index contributed by atoms with van der Waals surface area (Å²) in [5, 5.41) is 11.8. The maximum Gasteiger partial charge on any atom is 0.350 e. The third-order valence-corrected chi connectivity index (χ3v) is 5.69. The zero-order valence-electron chi connectivity index (χ0n) is 15.6. The molecule has 0 amide bonds. The van der Waals surface area contributed by atoms with E-state index in [0.717, 1.165) is 0 Å². The summed E-state index contributed by atoms with van der Waals surface area (Å²) in [6.07, 6.45) is 1.23. The van der Waals surface area contributed by atoms with E-state index in [0.29, 0.717) is 17.9 Å². The monoisotopic (exact) mass is 399 g/mol. The number of nitrogens with one attached hydrogen (secondary N) is 1. The molecule has 8 heteroatoms.